The second-order valence-electron chi connectivity index (χ2n) is 5.25. The van der Waals surface area contributed by atoms with Crippen LogP contribution in [0.15, 0.2) is 54.6 Å². The SMILES string of the molecule is COc1ccc(CCC(=O)OCC(=O)NC(=O)c2ccccc2)cc1. The zero-order valence-electron chi connectivity index (χ0n) is 13.9. The number of benzene rings is 2. The van der Waals surface area contributed by atoms with Crippen LogP contribution in [0.3, 0.4) is 0 Å². The fourth-order valence-corrected chi connectivity index (χ4v) is 2.08. The molecule has 2 aromatic carbocycles. The van der Waals surface area contributed by atoms with Gasteiger partial charge in [0, 0.05) is 12.0 Å². The summed E-state index contributed by atoms with van der Waals surface area (Å²) in [6.07, 6.45) is 0.639. The second kappa shape index (κ2) is 9.22. The summed E-state index contributed by atoms with van der Waals surface area (Å²) in [5.74, 6) is -0.948. The lowest BCUT2D eigenvalue weighted by atomic mass is 10.1. The van der Waals surface area contributed by atoms with Crippen LogP contribution in [0, 0.1) is 0 Å². The van der Waals surface area contributed by atoms with Gasteiger partial charge in [0.05, 0.1) is 7.11 Å². The van der Waals surface area contributed by atoms with E-state index in [1.807, 2.05) is 24.3 Å². The number of ether oxygens (including phenoxy) is 2. The summed E-state index contributed by atoms with van der Waals surface area (Å²) in [5.41, 5.74) is 1.32. The van der Waals surface area contributed by atoms with Gasteiger partial charge in [-0.15, -0.1) is 0 Å². The van der Waals surface area contributed by atoms with Crippen molar-refractivity contribution in [2.45, 2.75) is 12.8 Å². The van der Waals surface area contributed by atoms with Gasteiger partial charge in [0.1, 0.15) is 5.75 Å². The van der Waals surface area contributed by atoms with Gasteiger partial charge >= 0.3 is 5.97 Å². The van der Waals surface area contributed by atoms with Crippen LogP contribution in [-0.4, -0.2) is 31.5 Å². The molecule has 2 aromatic rings. The maximum Gasteiger partial charge on any atom is 0.306 e. The van der Waals surface area contributed by atoms with E-state index in [0.717, 1.165) is 11.3 Å². The molecule has 0 fully saturated rings. The third kappa shape index (κ3) is 6.10. The standard InChI is InChI=1S/C19H19NO5/c1-24-16-10-7-14(8-11-16)9-12-18(22)25-13-17(21)20-19(23)15-5-3-2-4-6-15/h2-8,10-11H,9,12-13H2,1H3,(H,20,21,23). The van der Waals surface area contributed by atoms with Gasteiger partial charge in [0.25, 0.3) is 11.8 Å². The Morgan fingerprint density at radius 3 is 2.28 bits per heavy atom. The van der Waals surface area contributed by atoms with Gasteiger partial charge in [0.15, 0.2) is 6.61 Å². The van der Waals surface area contributed by atoms with Crippen molar-refractivity contribution in [3.63, 3.8) is 0 Å². The van der Waals surface area contributed by atoms with Crippen LogP contribution in [0.2, 0.25) is 0 Å². The van der Waals surface area contributed by atoms with E-state index in [-0.39, 0.29) is 6.42 Å². The number of hydrogen-bond donors (Lipinski definition) is 1. The Hall–Kier alpha value is -3.15. The lowest BCUT2D eigenvalue weighted by molar-refractivity contribution is -0.148. The molecular formula is C19H19NO5. The molecular weight excluding hydrogens is 322 g/mol. The first kappa shape index (κ1) is 18.2. The number of rotatable bonds is 7. The van der Waals surface area contributed by atoms with E-state index in [1.54, 1.807) is 37.4 Å². The van der Waals surface area contributed by atoms with Crippen LogP contribution in [-0.2, 0) is 20.7 Å². The Kier molecular flexibility index (Phi) is 6.71. The number of imide groups is 1. The first-order valence-corrected chi connectivity index (χ1v) is 7.76. The van der Waals surface area contributed by atoms with Crippen LogP contribution < -0.4 is 10.1 Å². The van der Waals surface area contributed by atoms with Gasteiger partial charge in [0.2, 0.25) is 0 Å². The average molecular weight is 341 g/mol. The number of amides is 2. The number of esters is 1. The second-order valence-corrected chi connectivity index (χ2v) is 5.25. The predicted octanol–water partition coefficient (Wildman–Crippen LogP) is 2.13. The van der Waals surface area contributed by atoms with E-state index >= 15 is 0 Å². The monoisotopic (exact) mass is 341 g/mol. The van der Waals surface area contributed by atoms with E-state index < -0.39 is 24.4 Å². The Bertz CT molecular complexity index is 725. The molecule has 130 valence electrons. The first-order chi connectivity index (χ1) is 12.1. The minimum atomic E-state index is -0.661. The number of nitrogens with one attached hydrogen (secondary N) is 1. The Morgan fingerprint density at radius 1 is 0.960 bits per heavy atom. The molecule has 0 bridgehead atoms. The molecule has 0 aliphatic rings. The van der Waals surface area contributed by atoms with Gasteiger partial charge < -0.3 is 9.47 Å². The van der Waals surface area contributed by atoms with E-state index in [0.29, 0.717) is 12.0 Å². The van der Waals surface area contributed by atoms with Crippen molar-refractivity contribution in [1.82, 2.24) is 5.32 Å². The fraction of sp³-hybridized carbons (Fsp3) is 0.211. The van der Waals surface area contributed by atoms with Crippen molar-refractivity contribution in [3.8, 4) is 5.75 Å². The topological polar surface area (TPSA) is 81.7 Å². The molecule has 0 atom stereocenters. The summed E-state index contributed by atoms with van der Waals surface area (Å²) in [5, 5.41) is 2.17. The van der Waals surface area contributed by atoms with E-state index in [9.17, 15) is 14.4 Å². The van der Waals surface area contributed by atoms with Gasteiger partial charge in [-0.25, -0.2) is 0 Å². The van der Waals surface area contributed by atoms with Crippen molar-refractivity contribution in [2.24, 2.45) is 0 Å². The third-order valence-corrected chi connectivity index (χ3v) is 3.43. The zero-order chi connectivity index (χ0) is 18.1. The molecule has 25 heavy (non-hydrogen) atoms. The van der Waals surface area contributed by atoms with Crippen LogP contribution >= 0.6 is 0 Å². The van der Waals surface area contributed by atoms with E-state index in [2.05, 4.69) is 5.32 Å². The minimum absolute atomic E-state index is 0.145. The largest absolute Gasteiger partial charge is 0.497 e. The summed E-state index contributed by atoms with van der Waals surface area (Å²) in [6, 6.07) is 15.7. The number of carbonyl (C=O) groups excluding carboxylic acids is 3. The Morgan fingerprint density at radius 2 is 1.64 bits per heavy atom. The van der Waals surface area contributed by atoms with E-state index in [1.165, 1.54) is 0 Å². The van der Waals surface area contributed by atoms with Crippen molar-refractivity contribution < 1.29 is 23.9 Å². The molecule has 0 aliphatic carbocycles. The number of aryl methyl sites for hydroxylation is 1. The van der Waals surface area contributed by atoms with E-state index in [4.69, 9.17) is 9.47 Å². The fourth-order valence-electron chi connectivity index (χ4n) is 2.08. The molecule has 0 saturated carbocycles. The summed E-state index contributed by atoms with van der Waals surface area (Å²) in [4.78, 5) is 35.1. The summed E-state index contributed by atoms with van der Waals surface area (Å²) in [7, 11) is 1.58. The van der Waals surface area contributed by atoms with Crippen LogP contribution in [0.1, 0.15) is 22.3 Å². The lowest BCUT2D eigenvalue weighted by Gasteiger charge is -2.06. The van der Waals surface area contributed by atoms with Crippen LogP contribution in [0.5, 0.6) is 5.75 Å². The molecule has 0 saturated heterocycles. The Balaban J connectivity index is 1.70. The average Bonchev–Trinajstić information content (AvgIpc) is 2.65. The first-order valence-electron chi connectivity index (χ1n) is 7.76. The normalized spacial score (nSPS) is 9.96. The molecule has 0 radical (unpaired) electrons. The van der Waals surface area contributed by atoms with Crippen LogP contribution in [0.25, 0.3) is 0 Å². The number of carbonyl (C=O) groups is 3. The van der Waals surface area contributed by atoms with Crippen molar-refractivity contribution in [3.05, 3.63) is 65.7 Å². The van der Waals surface area contributed by atoms with Gasteiger partial charge in [-0.2, -0.15) is 0 Å². The molecule has 2 amide bonds. The van der Waals surface area contributed by atoms with Gasteiger partial charge in [-0.1, -0.05) is 30.3 Å². The van der Waals surface area contributed by atoms with Crippen molar-refractivity contribution >= 4 is 17.8 Å². The molecule has 6 heteroatoms. The molecule has 0 aromatic heterocycles. The van der Waals surface area contributed by atoms with Gasteiger partial charge in [-0.3, -0.25) is 19.7 Å². The van der Waals surface area contributed by atoms with Gasteiger partial charge in [-0.05, 0) is 36.2 Å². The predicted molar refractivity (Wildman–Crippen MR) is 91.2 cm³/mol. The smallest absolute Gasteiger partial charge is 0.306 e. The summed E-state index contributed by atoms with van der Waals surface area (Å²) >= 11 is 0. The molecule has 1 N–H and O–H groups in total. The maximum absolute atomic E-state index is 11.8. The highest BCUT2D eigenvalue weighted by atomic mass is 16.5. The molecule has 0 heterocycles. The number of hydrogen-bond acceptors (Lipinski definition) is 5. The maximum atomic E-state index is 11.8. The third-order valence-electron chi connectivity index (χ3n) is 3.43. The molecule has 2 rings (SSSR count). The van der Waals surface area contributed by atoms with Crippen LogP contribution in [0.4, 0.5) is 0 Å². The van der Waals surface area contributed by atoms with Crippen molar-refractivity contribution in [1.29, 1.82) is 0 Å². The highest BCUT2D eigenvalue weighted by Gasteiger charge is 2.12. The highest BCUT2D eigenvalue weighted by Crippen LogP contribution is 2.12. The molecule has 0 spiro atoms. The summed E-state index contributed by atoms with van der Waals surface area (Å²) < 4.78 is 9.94. The van der Waals surface area contributed by atoms with Crippen molar-refractivity contribution in [2.75, 3.05) is 13.7 Å². The number of methoxy groups -OCH3 is 1. The summed E-state index contributed by atoms with van der Waals surface area (Å²) in [6.45, 7) is -0.486. The molecule has 0 aliphatic heterocycles. The highest BCUT2D eigenvalue weighted by molar-refractivity contribution is 6.05. The minimum Gasteiger partial charge on any atom is -0.497 e. The molecule has 6 nitrogen and oxygen atoms in total. The zero-order valence-corrected chi connectivity index (χ0v) is 13.9. The quantitative estimate of drug-likeness (QED) is 0.780. The molecule has 0 unspecified atom stereocenters. The lowest BCUT2D eigenvalue weighted by Crippen LogP contribution is -2.34. The Labute approximate surface area is 145 Å².